The highest BCUT2D eigenvalue weighted by atomic mass is 79.9. The van der Waals surface area contributed by atoms with Crippen LogP contribution >= 0.6 is 15.9 Å². The fourth-order valence-electron chi connectivity index (χ4n) is 1.45. The van der Waals surface area contributed by atoms with E-state index in [0.717, 1.165) is 25.7 Å². The van der Waals surface area contributed by atoms with Gasteiger partial charge in [0.1, 0.15) is 0 Å². The van der Waals surface area contributed by atoms with E-state index in [-0.39, 0.29) is 0 Å². The summed E-state index contributed by atoms with van der Waals surface area (Å²) in [5, 5.41) is 0. The molecule has 1 unspecified atom stereocenters. The molecule has 0 bridgehead atoms. The lowest BCUT2D eigenvalue weighted by atomic mass is 10.6. The van der Waals surface area contributed by atoms with Crippen LogP contribution in [0.5, 0.6) is 0 Å². The van der Waals surface area contributed by atoms with E-state index in [1.54, 1.807) is 0 Å². The van der Waals surface area contributed by atoms with Crippen LogP contribution in [0.2, 0.25) is 6.04 Å². The van der Waals surface area contributed by atoms with Gasteiger partial charge in [-0.3, -0.25) is 0 Å². The lowest BCUT2D eigenvalue weighted by molar-refractivity contribution is 0.182. The van der Waals surface area contributed by atoms with Gasteiger partial charge in [-0.2, -0.15) is 0 Å². The summed E-state index contributed by atoms with van der Waals surface area (Å²) in [7, 11) is -1.96. The van der Waals surface area contributed by atoms with E-state index >= 15 is 0 Å². The molecular weight excluding hydrogens is 248 g/mol. The average molecular weight is 269 g/mol. The van der Waals surface area contributed by atoms with E-state index in [4.69, 9.17) is 8.85 Å². The van der Waals surface area contributed by atoms with Crippen LogP contribution in [0.1, 0.15) is 34.1 Å². The van der Waals surface area contributed by atoms with Crippen molar-refractivity contribution in [3.63, 3.8) is 0 Å². The van der Waals surface area contributed by atoms with Crippen molar-refractivity contribution in [2.75, 3.05) is 13.2 Å². The maximum atomic E-state index is 5.84. The second-order valence-corrected chi connectivity index (χ2v) is 8.83. The summed E-state index contributed by atoms with van der Waals surface area (Å²) < 4.78 is 12.0. The average Bonchev–Trinajstić information content (AvgIpc) is 2.05. The SMILES string of the molecule is CCC[Si](OCC)(OCC)C(C)Br. The second kappa shape index (κ2) is 6.98. The van der Waals surface area contributed by atoms with E-state index in [1.807, 2.05) is 13.8 Å². The summed E-state index contributed by atoms with van der Waals surface area (Å²) in [6.07, 6.45) is 1.13. The van der Waals surface area contributed by atoms with Gasteiger partial charge in [0, 0.05) is 13.2 Å². The van der Waals surface area contributed by atoms with E-state index in [9.17, 15) is 0 Å². The largest absolute Gasteiger partial charge is 0.394 e. The lowest BCUT2D eigenvalue weighted by Gasteiger charge is -2.32. The first-order valence-electron chi connectivity index (χ1n) is 5.04. The Balaban J connectivity index is 4.38. The fourth-order valence-corrected chi connectivity index (χ4v) is 5.83. The highest BCUT2D eigenvalue weighted by Crippen LogP contribution is 2.25. The third kappa shape index (κ3) is 4.10. The maximum absolute atomic E-state index is 5.84. The minimum Gasteiger partial charge on any atom is -0.394 e. The van der Waals surface area contributed by atoms with Gasteiger partial charge in [0.15, 0.2) is 0 Å². The summed E-state index contributed by atoms with van der Waals surface area (Å²) in [5.41, 5.74) is 0. The van der Waals surface area contributed by atoms with Gasteiger partial charge >= 0.3 is 8.56 Å². The van der Waals surface area contributed by atoms with Crippen molar-refractivity contribution in [2.24, 2.45) is 0 Å². The molecule has 0 saturated heterocycles. The van der Waals surface area contributed by atoms with Gasteiger partial charge in [-0.15, -0.1) is 0 Å². The molecular formula is C9H21BrO2Si. The molecule has 0 aromatic carbocycles. The smallest absolute Gasteiger partial charge is 0.351 e. The van der Waals surface area contributed by atoms with Gasteiger partial charge < -0.3 is 8.85 Å². The Morgan fingerprint density at radius 2 is 1.62 bits per heavy atom. The molecule has 0 aliphatic rings. The standard InChI is InChI=1S/C9H21BrO2Si/c1-5-8-13(9(4)10,11-6-2)12-7-3/h9H,5-8H2,1-4H3. The molecule has 0 fully saturated rings. The minimum atomic E-state index is -1.96. The molecule has 13 heavy (non-hydrogen) atoms. The molecule has 0 aliphatic carbocycles. The molecule has 0 amide bonds. The Hall–Kier alpha value is 0.617. The second-order valence-electron chi connectivity index (χ2n) is 3.04. The Labute approximate surface area is 91.4 Å². The van der Waals surface area contributed by atoms with Gasteiger partial charge in [-0.25, -0.2) is 0 Å². The normalized spacial score (nSPS) is 14.5. The Bertz CT molecular complexity index is 114. The highest BCUT2D eigenvalue weighted by Gasteiger charge is 2.41. The molecule has 0 rings (SSSR count). The van der Waals surface area contributed by atoms with Crippen molar-refractivity contribution in [2.45, 2.75) is 44.6 Å². The topological polar surface area (TPSA) is 18.5 Å². The molecule has 0 radical (unpaired) electrons. The zero-order valence-electron chi connectivity index (χ0n) is 9.10. The van der Waals surface area contributed by atoms with E-state index in [0.29, 0.717) is 4.45 Å². The molecule has 80 valence electrons. The third-order valence-corrected chi connectivity index (χ3v) is 8.04. The first-order valence-corrected chi connectivity index (χ1v) is 8.06. The number of rotatable bonds is 7. The fraction of sp³-hybridized carbons (Fsp3) is 1.00. The molecule has 0 aromatic rings. The van der Waals surface area contributed by atoms with Crippen LogP contribution in [0.25, 0.3) is 0 Å². The van der Waals surface area contributed by atoms with Gasteiger partial charge in [0.05, 0.1) is 4.45 Å². The van der Waals surface area contributed by atoms with Crippen molar-refractivity contribution < 1.29 is 8.85 Å². The van der Waals surface area contributed by atoms with E-state index in [2.05, 4.69) is 29.8 Å². The lowest BCUT2D eigenvalue weighted by Crippen LogP contribution is -2.49. The molecule has 0 saturated carbocycles. The molecule has 0 spiro atoms. The van der Waals surface area contributed by atoms with Crippen LogP contribution < -0.4 is 0 Å². The van der Waals surface area contributed by atoms with E-state index < -0.39 is 8.56 Å². The number of alkyl halides is 1. The number of hydrogen-bond donors (Lipinski definition) is 0. The van der Waals surface area contributed by atoms with Crippen LogP contribution in [0.4, 0.5) is 0 Å². The monoisotopic (exact) mass is 268 g/mol. The molecule has 0 aliphatic heterocycles. The predicted octanol–water partition coefficient (Wildman–Crippen LogP) is 3.23. The molecule has 0 aromatic heterocycles. The molecule has 0 heterocycles. The van der Waals surface area contributed by atoms with Crippen molar-refractivity contribution in [1.29, 1.82) is 0 Å². The zero-order chi connectivity index (χ0) is 10.3. The highest BCUT2D eigenvalue weighted by molar-refractivity contribution is 9.10. The zero-order valence-corrected chi connectivity index (χ0v) is 11.7. The summed E-state index contributed by atoms with van der Waals surface area (Å²) in [5.74, 6) is 0. The quantitative estimate of drug-likeness (QED) is 0.522. The molecule has 4 heteroatoms. The van der Waals surface area contributed by atoms with Crippen molar-refractivity contribution in [3.8, 4) is 0 Å². The molecule has 1 atom stereocenters. The summed E-state index contributed by atoms with van der Waals surface area (Å²) in [6, 6.07) is 1.07. The van der Waals surface area contributed by atoms with Crippen LogP contribution in [0.3, 0.4) is 0 Å². The van der Waals surface area contributed by atoms with Gasteiger partial charge in [-0.05, 0) is 19.9 Å². The Morgan fingerprint density at radius 1 is 1.15 bits per heavy atom. The Morgan fingerprint density at radius 3 is 1.85 bits per heavy atom. The first kappa shape index (κ1) is 13.6. The van der Waals surface area contributed by atoms with Crippen molar-refractivity contribution in [1.82, 2.24) is 0 Å². The minimum absolute atomic E-state index is 0.361. The first-order chi connectivity index (χ1) is 6.13. The molecule has 2 nitrogen and oxygen atoms in total. The summed E-state index contributed by atoms with van der Waals surface area (Å²) >= 11 is 3.61. The Kier molecular flexibility index (Phi) is 7.31. The number of hydrogen-bond acceptors (Lipinski definition) is 2. The van der Waals surface area contributed by atoms with Crippen LogP contribution in [0, 0.1) is 0 Å². The van der Waals surface area contributed by atoms with Gasteiger partial charge in [0.25, 0.3) is 0 Å². The van der Waals surface area contributed by atoms with Crippen LogP contribution in [0.15, 0.2) is 0 Å². The maximum Gasteiger partial charge on any atom is 0.351 e. The molecule has 0 N–H and O–H groups in total. The van der Waals surface area contributed by atoms with Gasteiger partial charge in [-0.1, -0.05) is 36.2 Å². The third-order valence-electron chi connectivity index (χ3n) is 1.98. The van der Waals surface area contributed by atoms with Crippen molar-refractivity contribution >= 4 is 24.5 Å². The summed E-state index contributed by atoms with van der Waals surface area (Å²) in [6.45, 7) is 9.88. The number of halogens is 1. The van der Waals surface area contributed by atoms with E-state index in [1.165, 1.54) is 0 Å². The summed E-state index contributed by atoms with van der Waals surface area (Å²) in [4.78, 5) is 0. The van der Waals surface area contributed by atoms with Crippen LogP contribution in [-0.2, 0) is 8.85 Å². The van der Waals surface area contributed by atoms with Crippen LogP contribution in [-0.4, -0.2) is 26.2 Å². The van der Waals surface area contributed by atoms with Gasteiger partial charge in [0.2, 0.25) is 0 Å². The predicted molar refractivity (Wildman–Crippen MR) is 62.5 cm³/mol. The van der Waals surface area contributed by atoms with Crippen molar-refractivity contribution in [3.05, 3.63) is 0 Å².